The van der Waals surface area contributed by atoms with Crippen LogP contribution in [0.2, 0.25) is 0 Å². The topological polar surface area (TPSA) is 32.3 Å². The molecule has 1 aliphatic heterocycles. The van der Waals surface area contributed by atoms with Crippen LogP contribution in [0.1, 0.15) is 50.7 Å². The van der Waals surface area contributed by atoms with Gasteiger partial charge in [0.15, 0.2) is 0 Å². The highest BCUT2D eigenvalue weighted by molar-refractivity contribution is 5.78. The van der Waals surface area contributed by atoms with Crippen molar-refractivity contribution in [3.8, 4) is 0 Å². The summed E-state index contributed by atoms with van der Waals surface area (Å²) < 4.78 is 0. The first kappa shape index (κ1) is 15.0. The van der Waals surface area contributed by atoms with Crippen molar-refractivity contribution < 1.29 is 4.79 Å². The normalized spacial score (nSPS) is 17.0. The molecule has 0 spiro atoms. The van der Waals surface area contributed by atoms with E-state index in [2.05, 4.69) is 50.4 Å². The van der Waals surface area contributed by atoms with E-state index in [1.807, 2.05) is 4.90 Å². The molecule has 1 aromatic carbocycles. The minimum atomic E-state index is 0.305. The average molecular weight is 274 g/mol. The standard InChI is InChI=1S/C17H26N2O/c1-13(2)16-8-6-15(7-9-16)11-18-14(3)12-19-10-4-5-17(19)20/h6-9,13-14,18H,4-5,10-12H2,1-3H3. The van der Waals surface area contributed by atoms with Crippen LogP contribution < -0.4 is 5.32 Å². The molecule has 20 heavy (non-hydrogen) atoms. The molecule has 1 aliphatic rings. The third kappa shape index (κ3) is 4.07. The van der Waals surface area contributed by atoms with Gasteiger partial charge in [-0.2, -0.15) is 0 Å². The van der Waals surface area contributed by atoms with Crippen molar-refractivity contribution in [2.75, 3.05) is 13.1 Å². The molecule has 1 aromatic rings. The number of hydrogen-bond acceptors (Lipinski definition) is 2. The predicted molar refractivity (Wildman–Crippen MR) is 82.6 cm³/mol. The van der Waals surface area contributed by atoms with Crippen LogP contribution in [0.15, 0.2) is 24.3 Å². The molecule has 1 heterocycles. The lowest BCUT2D eigenvalue weighted by Crippen LogP contribution is -2.39. The van der Waals surface area contributed by atoms with Gasteiger partial charge in [-0.05, 0) is 30.4 Å². The second-order valence-electron chi connectivity index (χ2n) is 6.12. The minimum Gasteiger partial charge on any atom is -0.341 e. The quantitative estimate of drug-likeness (QED) is 0.865. The van der Waals surface area contributed by atoms with E-state index in [9.17, 15) is 4.79 Å². The molecular formula is C17H26N2O. The molecule has 2 rings (SSSR count). The maximum Gasteiger partial charge on any atom is 0.222 e. The lowest BCUT2D eigenvalue weighted by atomic mass is 10.0. The summed E-state index contributed by atoms with van der Waals surface area (Å²) in [6, 6.07) is 9.13. The average Bonchev–Trinajstić information content (AvgIpc) is 2.82. The van der Waals surface area contributed by atoms with Gasteiger partial charge in [0.1, 0.15) is 0 Å². The van der Waals surface area contributed by atoms with E-state index >= 15 is 0 Å². The third-order valence-corrected chi connectivity index (χ3v) is 3.97. The van der Waals surface area contributed by atoms with Gasteiger partial charge in [0.25, 0.3) is 0 Å². The smallest absolute Gasteiger partial charge is 0.222 e. The van der Waals surface area contributed by atoms with E-state index in [-0.39, 0.29) is 0 Å². The van der Waals surface area contributed by atoms with Crippen molar-refractivity contribution in [1.82, 2.24) is 10.2 Å². The molecule has 0 saturated carbocycles. The summed E-state index contributed by atoms with van der Waals surface area (Å²) in [7, 11) is 0. The van der Waals surface area contributed by atoms with Crippen molar-refractivity contribution in [1.29, 1.82) is 0 Å². The highest BCUT2D eigenvalue weighted by atomic mass is 16.2. The van der Waals surface area contributed by atoms with E-state index in [0.717, 1.165) is 32.5 Å². The van der Waals surface area contributed by atoms with Crippen LogP contribution in [0, 0.1) is 0 Å². The Bertz CT molecular complexity index is 439. The van der Waals surface area contributed by atoms with Gasteiger partial charge in [-0.1, -0.05) is 38.1 Å². The van der Waals surface area contributed by atoms with Crippen molar-refractivity contribution in [2.45, 2.75) is 52.1 Å². The molecule has 1 amide bonds. The van der Waals surface area contributed by atoms with E-state index in [4.69, 9.17) is 0 Å². The number of hydrogen-bond donors (Lipinski definition) is 1. The van der Waals surface area contributed by atoms with Gasteiger partial charge in [0, 0.05) is 32.1 Å². The number of carbonyl (C=O) groups excluding carboxylic acids is 1. The van der Waals surface area contributed by atoms with Gasteiger partial charge in [0.05, 0.1) is 0 Å². The number of likely N-dealkylation sites (tertiary alicyclic amines) is 1. The molecule has 110 valence electrons. The second-order valence-corrected chi connectivity index (χ2v) is 6.12. The van der Waals surface area contributed by atoms with Crippen LogP contribution in [0.5, 0.6) is 0 Å². The Morgan fingerprint density at radius 3 is 2.45 bits per heavy atom. The van der Waals surface area contributed by atoms with Crippen LogP contribution in [-0.2, 0) is 11.3 Å². The largest absolute Gasteiger partial charge is 0.341 e. The first-order valence-electron chi connectivity index (χ1n) is 7.66. The van der Waals surface area contributed by atoms with Crippen LogP contribution in [-0.4, -0.2) is 29.9 Å². The first-order chi connectivity index (χ1) is 9.56. The summed E-state index contributed by atoms with van der Waals surface area (Å²) in [5.74, 6) is 0.886. The summed E-state index contributed by atoms with van der Waals surface area (Å²) >= 11 is 0. The lowest BCUT2D eigenvalue weighted by Gasteiger charge is -2.21. The Morgan fingerprint density at radius 2 is 1.90 bits per heavy atom. The molecule has 1 unspecified atom stereocenters. The van der Waals surface area contributed by atoms with Gasteiger partial charge < -0.3 is 10.2 Å². The molecule has 1 N–H and O–H groups in total. The number of benzene rings is 1. The number of amides is 1. The summed E-state index contributed by atoms with van der Waals surface area (Å²) in [4.78, 5) is 13.6. The monoisotopic (exact) mass is 274 g/mol. The fourth-order valence-electron chi connectivity index (χ4n) is 2.60. The fraction of sp³-hybridized carbons (Fsp3) is 0.588. The zero-order chi connectivity index (χ0) is 14.5. The maximum absolute atomic E-state index is 11.6. The molecular weight excluding hydrogens is 248 g/mol. The molecule has 0 bridgehead atoms. The zero-order valence-corrected chi connectivity index (χ0v) is 12.9. The van der Waals surface area contributed by atoms with E-state index in [1.54, 1.807) is 0 Å². The SMILES string of the molecule is CC(CN1CCCC1=O)NCc1ccc(C(C)C)cc1. The summed E-state index contributed by atoms with van der Waals surface area (Å²) in [5, 5.41) is 3.50. The Hall–Kier alpha value is -1.35. The molecule has 1 fully saturated rings. The van der Waals surface area contributed by atoms with Gasteiger partial charge >= 0.3 is 0 Å². The Balaban J connectivity index is 1.77. The van der Waals surface area contributed by atoms with Crippen LogP contribution in [0.3, 0.4) is 0 Å². The van der Waals surface area contributed by atoms with Crippen LogP contribution in [0.4, 0.5) is 0 Å². The third-order valence-electron chi connectivity index (χ3n) is 3.97. The molecule has 0 aromatic heterocycles. The highest BCUT2D eigenvalue weighted by Crippen LogP contribution is 2.15. The Kier molecular flexibility index (Phi) is 5.18. The molecule has 3 nitrogen and oxygen atoms in total. The maximum atomic E-state index is 11.6. The number of rotatable bonds is 6. The number of nitrogens with zero attached hydrogens (tertiary/aromatic N) is 1. The van der Waals surface area contributed by atoms with Crippen molar-refractivity contribution in [2.24, 2.45) is 0 Å². The lowest BCUT2D eigenvalue weighted by molar-refractivity contribution is -0.127. The second kappa shape index (κ2) is 6.89. The summed E-state index contributed by atoms with van der Waals surface area (Å²) in [6.07, 6.45) is 1.74. The molecule has 0 radical (unpaired) electrons. The van der Waals surface area contributed by atoms with Crippen molar-refractivity contribution >= 4 is 5.91 Å². The van der Waals surface area contributed by atoms with Gasteiger partial charge in [0.2, 0.25) is 5.91 Å². The van der Waals surface area contributed by atoms with Gasteiger partial charge in [-0.25, -0.2) is 0 Å². The predicted octanol–water partition coefficient (Wildman–Crippen LogP) is 2.91. The van der Waals surface area contributed by atoms with E-state index < -0.39 is 0 Å². The van der Waals surface area contributed by atoms with Crippen LogP contribution >= 0.6 is 0 Å². The summed E-state index contributed by atoms with van der Waals surface area (Å²) in [5.41, 5.74) is 2.68. The number of nitrogens with one attached hydrogen (secondary N) is 1. The first-order valence-corrected chi connectivity index (χ1v) is 7.66. The van der Waals surface area contributed by atoms with Crippen molar-refractivity contribution in [3.63, 3.8) is 0 Å². The molecule has 3 heteroatoms. The van der Waals surface area contributed by atoms with E-state index in [0.29, 0.717) is 17.9 Å². The van der Waals surface area contributed by atoms with Crippen LogP contribution in [0.25, 0.3) is 0 Å². The summed E-state index contributed by atoms with van der Waals surface area (Å²) in [6.45, 7) is 9.18. The minimum absolute atomic E-state index is 0.305. The van der Waals surface area contributed by atoms with E-state index in [1.165, 1.54) is 11.1 Å². The zero-order valence-electron chi connectivity index (χ0n) is 12.9. The van der Waals surface area contributed by atoms with Gasteiger partial charge in [-0.15, -0.1) is 0 Å². The highest BCUT2D eigenvalue weighted by Gasteiger charge is 2.21. The molecule has 0 aliphatic carbocycles. The fourth-order valence-corrected chi connectivity index (χ4v) is 2.60. The van der Waals surface area contributed by atoms with Gasteiger partial charge in [-0.3, -0.25) is 4.79 Å². The Morgan fingerprint density at radius 1 is 1.20 bits per heavy atom. The van der Waals surface area contributed by atoms with Crippen molar-refractivity contribution in [3.05, 3.63) is 35.4 Å². The number of carbonyl (C=O) groups is 1. The molecule has 1 saturated heterocycles. The molecule has 1 atom stereocenters. The Labute approximate surface area is 122 Å².